The van der Waals surface area contributed by atoms with E-state index in [1.807, 2.05) is 0 Å². The van der Waals surface area contributed by atoms with Crippen molar-refractivity contribution in [2.75, 3.05) is 0 Å². The summed E-state index contributed by atoms with van der Waals surface area (Å²) >= 11 is 18.2. The standard InChI is InChI=1S/C18H13Cl3N4O2/c1-18(13-4-2-10(19)6-14(13)21)16(26)25(17(27)23-18)9-12-8-24-7-11(20)3-5-15(24)22-12/h2-8H,9H2,1H3,(H,23,27). The summed E-state index contributed by atoms with van der Waals surface area (Å²) in [5.74, 6) is -0.410. The van der Waals surface area contributed by atoms with Gasteiger partial charge in [0.2, 0.25) is 0 Å². The van der Waals surface area contributed by atoms with Crippen molar-refractivity contribution >= 4 is 52.4 Å². The lowest BCUT2D eigenvalue weighted by Gasteiger charge is -2.23. The van der Waals surface area contributed by atoms with Crippen molar-refractivity contribution in [2.45, 2.75) is 19.0 Å². The third-order valence-electron chi connectivity index (χ3n) is 4.53. The lowest BCUT2D eigenvalue weighted by atomic mass is 9.92. The predicted molar refractivity (Wildman–Crippen MR) is 103 cm³/mol. The van der Waals surface area contributed by atoms with Gasteiger partial charge >= 0.3 is 6.03 Å². The number of nitrogens with one attached hydrogen (secondary N) is 1. The Kier molecular flexibility index (Phi) is 4.29. The first kappa shape index (κ1) is 18.1. The molecule has 1 unspecified atom stereocenters. The van der Waals surface area contributed by atoms with Gasteiger partial charge in [0.25, 0.3) is 5.91 Å². The molecule has 138 valence electrons. The number of imide groups is 1. The first-order chi connectivity index (χ1) is 12.8. The number of urea groups is 1. The Morgan fingerprint density at radius 1 is 1.07 bits per heavy atom. The Bertz CT molecular complexity index is 1100. The molecule has 1 atom stereocenters. The number of hydrogen-bond donors (Lipinski definition) is 1. The monoisotopic (exact) mass is 422 g/mol. The van der Waals surface area contributed by atoms with Crippen molar-refractivity contribution in [3.8, 4) is 0 Å². The topological polar surface area (TPSA) is 66.7 Å². The first-order valence-corrected chi connectivity index (χ1v) is 9.14. The quantitative estimate of drug-likeness (QED) is 0.640. The Balaban J connectivity index is 1.66. The molecule has 1 aromatic carbocycles. The Morgan fingerprint density at radius 2 is 1.81 bits per heavy atom. The van der Waals surface area contributed by atoms with Crippen LogP contribution in [0.2, 0.25) is 15.1 Å². The van der Waals surface area contributed by atoms with E-state index in [1.165, 1.54) is 6.07 Å². The summed E-state index contributed by atoms with van der Waals surface area (Å²) < 4.78 is 1.74. The van der Waals surface area contributed by atoms with E-state index in [2.05, 4.69) is 10.3 Å². The fourth-order valence-electron chi connectivity index (χ4n) is 3.17. The second kappa shape index (κ2) is 6.41. The molecule has 3 heterocycles. The molecule has 1 N–H and O–H groups in total. The fourth-order valence-corrected chi connectivity index (χ4v) is 3.94. The number of amides is 3. The molecular weight excluding hydrogens is 411 g/mol. The number of aromatic nitrogens is 2. The number of fused-ring (bicyclic) bond motifs is 1. The molecule has 0 bridgehead atoms. The summed E-state index contributed by atoms with van der Waals surface area (Å²) in [5, 5.41) is 4.04. The van der Waals surface area contributed by atoms with E-state index in [0.29, 0.717) is 32.0 Å². The summed E-state index contributed by atoms with van der Waals surface area (Å²) in [4.78, 5) is 31.1. The van der Waals surface area contributed by atoms with Crippen molar-refractivity contribution in [2.24, 2.45) is 0 Å². The van der Waals surface area contributed by atoms with E-state index in [4.69, 9.17) is 34.8 Å². The molecule has 4 rings (SSSR count). The number of imidazole rings is 1. The minimum Gasteiger partial charge on any atom is -0.319 e. The number of hydrogen-bond acceptors (Lipinski definition) is 3. The van der Waals surface area contributed by atoms with E-state index in [0.717, 1.165) is 4.90 Å². The molecule has 6 nitrogen and oxygen atoms in total. The van der Waals surface area contributed by atoms with Crippen LogP contribution in [0.5, 0.6) is 0 Å². The average Bonchev–Trinajstić information content (AvgIpc) is 3.08. The van der Waals surface area contributed by atoms with Crippen molar-refractivity contribution in [3.63, 3.8) is 0 Å². The number of carbonyl (C=O) groups is 2. The lowest BCUT2D eigenvalue weighted by Crippen LogP contribution is -2.41. The van der Waals surface area contributed by atoms with Crippen LogP contribution in [-0.4, -0.2) is 26.2 Å². The third kappa shape index (κ3) is 3.04. The average molecular weight is 424 g/mol. The zero-order valence-electron chi connectivity index (χ0n) is 14.0. The molecule has 1 saturated heterocycles. The molecule has 0 saturated carbocycles. The van der Waals surface area contributed by atoms with E-state index < -0.39 is 17.5 Å². The molecule has 9 heteroatoms. The normalized spacial score (nSPS) is 19.8. The van der Waals surface area contributed by atoms with Crippen molar-refractivity contribution in [3.05, 3.63) is 69.1 Å². The second-order valence-corrected chi connectivity index (χ2v) is 7.70. The number of carbonyl (C=O) groups excluding carboxylic acids is 2. The molecule has 1 fully saturated rings. The molecule has 27 heavy (non-hydrogen) atoms. The number of halogens is 3. The maximum absolute atomic E-state index is 13.0. The zero-order chi connectivity index (χ0) is 19.3. The van der Waals surface area contributed by atoms with Gasteiger partial charge < -0.3 is 9.72 Å². The number of nitrogens with zero attached hydrogens (tertiary/aromatic N) is 3. The van der Waals surface area contributed by atoms with Gasteiger partial charge in [-0.15, -0.1) is 0 Å². The highest BCUT2D eigenvalue weighted by atomic mass is 35.5. The largest absolute Gasteiger partial charge is 0.325 e. The van der Waals surface area contributed by atoms with Crippen LogP contribution in [-0.2, 0) is 16.9 Å². The van der Waals surface area contributed by atoms with Gasteiger partial charge in [0, 0.05) is 28.0 Å². The minimum atomic E-state index is -1.28. The highest BCUT2D eigenvalue weighted by Crippen LogP contribution is 2.35. The van der Waals surface area contributed by atoms with Gasteiger partial charge in [0.15, 0.2) is 0 Å². The summed E-state index contributed by atoms with van der Waals surface area (Å²) in [6.07, 6.45) is 3.43. The fraction of sp³-hybridized carbons (Fsp3) is 0.167. The first-order valence-electron chi connectivity index (χ1n) is 8.01. The second-order valence-electron chi connectivity index (χ2n) is 6.42. The van der Waals surface area contributed by atoms with Crippen molar-refractivity contribution in [1.29, 1.82) is 0 Å². The van der Waals surface area contributed by atoms with E-state index in [-0.39, 0.29) is 6.54 Å². The van der Waals surface area contributed by atoms with Crippen LogP contribution in [0.4, 0.5) is 4.79 Å². The SMILES string of the molecule is CC1(c2ccc(Cl)cc2Cl)NC(=O)N(Cc2cn3cc(Cl)ccc3n2)C1=O. The number of benzene rings is 1. The molecule has 3 aromatic rings. The summed E-state index contributed by atoms with van der Waals surface area (Å²) in [6.45, 7) is 1.65. The van der Waals surface area contributed by atoms with Crippen LogP contribution in [0.1, 0.15) is 18.2 Å². The molecule has 2 aromatic heterocycles. The molecule has 0 aliphatic carbocycles. The van der Waals surface area contributed by atoms with Gasteiger partial charge in [-0.25, -0.2) is 9.78 Å². The summed E-state index contributed by atoms with van der Waals surface area (Å²) in [7, 11) is 0. The van der Waals surface area contributed by atoms with E-state index in [1.54, 1.807) is 48.0 Å². The van der Waals surface area contributed by atoms with Crippen molar-refractivity contribution in [1.82, 2.24) is 19.6 Å². The van der Waals surface area contributed by atoms with Crippen LogP contribution < -0.4 is 5.32 Å². The number of pyridine rings is 1. The minimum absolute atomic E-state index is 0.0325. The van der Waals surface area contributed by atoms with Gasteiger partial charge in [-0.2, -0.15) is 0 Å². The molecule has 0 spiro atoms. The van der Waals surface area contributed by atoms with Crippen LogP contribution in [0, 0.1) is 0 Å². The highest BCUT2D eigenvalue weighted by Gasteiger charge is 2.50. The van der Waals surface area contributed by atoms with Gasteiger partial charge in [-0.05, 0) is 31.2 Å². The van der Waals surface area contributed by atoms with Gasteiger partial charge in [-0.3, -0.25) is 9.69 Å². The van der Waals surface area contributed by atoms with Crippen LogP contribution in [0.3, 0.4) is 0 Å². The van der Waals surface area contributed by atoms with Crippen molar-refractivity contribution < 1.29 is 9.59 Å². The van der Waals surface area contributed by atoms with E-state index >= 15 is 0 Å². The molecule has 1 aliphatic rings. The highest BCUT2D eigenvalue weighted by molar-refractivity contribution is 6.35. The van der Waals surface area contributed by atoms with Gasteiger partial charge in [0.05, 0.1) is 17.3 Å². The summed E-state index contributed by atoms with van der Waals surface area (Å²) in [6, 6.07) is 7.78. The third-order valence-corrected chi connectivity index (χ3v) is 5.30. The Labute approximate surface area is 169 Å². The van der Waals surface area contributed by atoms with Crippen LogP contribution >= 0.6 is 34.8 Å². The number of rotatable bonds is 3. The van der Waals surface area contributed by atoms with Gasteiger partial charge in [0.1, 0.15) is 11.2 Å². The molecular formula is C18H13Cl3N4O2. The maximum atomic E-state index is 13.0. The van der Waals surface area contributed by atoms with Crippen LogP contribution in [0.15, 0.2) is 42.7 Å². The van der Waals surface area contributed by atoms with E-state index in [9.17, 15) is 9.59 Å². The summed E-state index contributed by atoms with van der Waals surface area (Å²) in [5.41, 5.74) is 0.440. The smallest absolute Gasteiger partial charge is 0.319 e. The Morgan fingerprint density at radius 3 is 2.56 bits per heavy atom. The zero-order valence-corrected chi connectivity index (χ0v) is 16.3. The predicted octanol–water partition coefficient (Wildman–Crippen LogP) is 4.26. The molecule has 0 radical (unpaired) electrons. The lowest BCUT2D eigenvalue weighted by molar-refractivity contribution is -0.131. The molecule has 1 aliphatic heterocycles. The Hall–Kier alpha value is -2.28. The maximum Gasteiger partial charge on any atom is 0.325 e. The molecule has 3 amide bonds. The van der Waals surface area contributed by atoms with Gasteiger partial charge in [-0.1, -0.05) is 40.9 Å². The van der Waals surface area contributed by atoms with Crippen LogP contribution in [0.25, 0.3) is 5.65 Å².